The van der Waals surface area contributed by atoms with Crippen molar-refractivity contribution in [2.24, 2.45) is 5.41 Å². The van der Waals surface area contributed by atoms with Gasteiger partial charge < -0.3 is 19.5 Å². The molecule has 1 fully saturated rings. The smallest absolute Gasteiger partial charge is 0.309 e. The predicted octanol–water partition coefficient (Wildman–Crippen LogP) is 5.56. The number of hydrogen-bond donors (Lipinski definition) is 2. The van der Waals surface area contributed by atoms with Crippen LogP contribution in [0.5, 0.6) is 5.75 Å². The van der Waals surface area contributed by atoms with Gasteiger partial charge in [-0.05, 0) is 68.1 Å². The van der Waals surface area contributed by atoms with Crippen molar-refractivity contribution in [2.75, 3.05) is 6.61 Å². The van der Waals surface area contributed by atoms with Gasteiger partial charge >= 0.3 is 5.97 Å². The lowest BCUT2D eigenvalue weighted by Crippen LogP contribution is -2.58. The Morgan fingerprint density at radius 3 is 2.53 bits per heavy atom. The van der Waals surface area contributed by atoms with E-state index in [0.29, 0.717) is 31.4 Å². The van der Waals surface area contributed by atoms with E-state index in [4.69, 9.17) is 4.74 Å². The number of phenolic OH excluding ortho intramolecular Hbond substituents is 1. The first-order chi connectivity index (χ1) is 15.0. The second-order valence-electron chi connectivity index (χ2n) is 10.2. The van der Waals surface area contributed by atoms with Gasteiger partial charge in [-0.15, -0.1) is 0 Å². The molecule has 168 valence electrons. The third kappa shape index (κ3) is 2.68. The van der Waals surface area contributed by atoms with E-state index in [-0.39, 0.29) is 17.0 Å². The molecule has 2 aromatic carbocycles. The Morgan fingerprint density at radius 2 is 1.91 bits per heavy atom. The van der Waals surface area contributed by atoms with Crippen LogP contribution in [0.15, 0.2) is 36.4 Å². The van der Waals surface area contributed by atoms with Crippen LogP contribution in [0, 0.1) is 18.2 Å². The number of fused-ring (bicyclic) bond motifs is 4. The number of phenols is 1. The van der Waals surface area contributed by atoms with Gasteiger partial charge in [0.05, 0.1) is 23.1 Å². The molecule has 5 nitrogen and oxygen atoms in total. The summed E-state index contributed by atoms with van der Waals surface area (Å²) in [5, 5.41) is 21.1. The highest BCUT2D eigenvalue weighted by Gasteiger charge is 2.63. The summed E-state index contributed by atoms with van der Waals surface area (Å²) < 4.78 is 22.7. The normalized spacial score (nSPS) is 26.2. The molecule has 6 heteroatoms. The SMILES string of the molecule is CC[C@]1(C(=O)O)C[C@@]2(C1)OCC(C)(C)c1c2c2cc(O)ccc2n1-c1ccc(F)c(C)c1. The number of halogens is 1. The quantitative estimate of drug-likeness (QED) is 0.563. The number of hydrogen-bond acceptors (Lipinski definition) is 3. The molecule has 2 N–H and O–H groups in total. The third-order valence-electron chi connectivity index (χ3n) is 7.53. The van der Waals surface area contributed by atoms with Crippen LogP contribution < -0.4 is 0 Å². The summed E-state index contributed by atoms with van der Waals surface area (Å²) >= 11 is 0. The zero-order valence-electron chi connectivity index (χ0n) is 18.8. The summed E-state index contributed by atoms with van der Waals surface area (Å²) in [6, 6.07) is 10.3. The molecule has 1 aromatic heterocycles. The third-order valence-corrected chi connectivity index (χ3v) is 7.53. The first-order valence-corrected chi connectivity index (χ1v) is 11.1. The summed E-state index contributed by atoms with van der Waals surface area (Å²) in [5.41, 5.74) is 2.37. The Bertz CT molecular complexity index is 1270. The molecular formula is C26H28FNO4. The Morgan fingerprint density at radius 1 is 1.19 bits per heavy atom. The van der Waals surface area contributed by atoms with Gasteiger partial charge in [-0.1, -0.05) is 20.8 Å². The topological polar surface area (TPSA) is 71.7 Å². The highest BCUT2D eigenvalue weighted by atomic mass is 19.1. The van der Waals surface area contributed by atoms with Gasteiger partial charge in [-0.2, -0.15) is 0 Å². The van der Waals surface area contributed by atoms with Crippen LogP contribution in [0.4, 0.5) is 4.39 Å². The molecule has 0 radical (unpaired) electrons. The number of carboxylic acid groups (broad SMARTS) is 1. The Kier molecular flexibility index (Phi) is 4.32. The minimum atomic E-state index is -0.809. The predicted molar refractivity (Wildman–Crippen MR) is 120 cm³/mol. The van der Waals surface area contributed by atoms with Crippen LogP contribution in [-0.4, -0.2) is 27.4 Å². The van der Waals surface area contributed by atoms with E-state index in [9.17, 15) is 19.4 Å². The summed E-state index contributed by atoms with van der Waals surface area (Å²) in [7, 11) is 0. The highest BCUT2D eigenvalue weighted by molar-refractivity contribution is 5.91. The van der Waals surface area contributed by atoms with Crippen LogP contribution >= 0.6 is 0 Å². The van der Waals surface area contributed by atoms with Crippen molar-refractivity contribution in [1.82, 2.24) is 4.57 Å². The van der Waals surface area contributed by atoms with Crippen LogP contribution in [0.3, 0.4) is 0 Å². The minimum absolute atomic E-state index is 0.144. The number of aryl methyl sites for hydroxylation is 1. The molecule has 1 spiro atoms. The molecule has 0 saturated heterocycles. The molecule has 0 unspecified atom stereocenters. The van der Waals surface area contributed by atoms with Crippen molar-refractivity contribution in [3.63, 3.8) is 0 Å². The average Bonchev–Trinajstić information content (AvgIpc) is 3.05. The molecule has 3 aromatic rings. The van der Waals surface area contributed by atoms with Crippen molar-refractivity contribution in [2.45, 2.75) is 58.0 Å². The van der Waals surface area contributed by atoms with E-state index in [2.05, 4.69) is 18.4 Å². The fraction of sp³-hybridized carbons (Fsp3) is 0.423. The van der Waals surface area contributed by atoms with E-state index in [1.54, 1.807) is 25.1 Å². The van der Waals surface area contributed by atoms with Gasteiger partial charge in [-0.3, -0.25) is 4.79 Å². The van der Waals surface area contributed by atoms with Crippen molar-refractivity contribution < 1.29 is 24.1 Å². The van der Waals surface area contributed by atoms with Crippen molar-refractivity contribution in [1.29, 1.82) is 0 Å². The number of nitrogens with zero attached hydrogens (tertiary/aromatic N) is 1. The Balaban J connectivity index is 1.84. The van der Waals surface area contributed by atoms with E-state index >= 15 is 0 Å². The first kappa shape index (κ1) is 21.0. The van der Waals surface area contributed by atoms with Crippen LogP contribution in [0.1, 0.15) is 56.9 Å². The molecule has 1 saturated carbocycles. The molecular weight excluding hydrogens is 409 g/mol. The fourth-order valence-electron chi connectivity index (χ4n) is 5.75. The molecule has 0 atom stereocenters. The van der Waals surface area contributed by atoms with E-state index < -0.39 is 17.0 Å². The molecule has 0 amide bonds. The molecule has 2 aliphatic rings. The lowest BCUT2D eigenvalue weighted by Gasteiger charge is -2.57. The van der Waals surface area contributed by atoms with Gasteiger partial charge in [0.1, 0.15) is 11.6 Å². The molecule has 0 bridgehead atoms. The van der Waals surface area contributed by atoms with Gasteiger partial charge in [0.15, 0.2) is 0 Å². The minimum Gasteiger partial charge on any atom is -0.508 e. The number of ether oxygens (including phenoxy) is 1. The molecule has 1 aliphatic heterocycles. The molecule has 5 rings (SSSR count). The lowest BCUT2D eigenvalue weighted by atomic mass is 9.53. The Labute approximate surface area is 186 Å². The number of aliphatic carboxylic acids is 1. The molecule has 32 heavy (non-hydrogen) atoms. The number of benzene rings is 2. The first-order valence-electron chi connectivity index (χ1n) is 11.1. The second-order valence-corrected chi connectivity index (χ2v) is 10.2. The zero-order valence-corrected chi connectivity index (χ0v) is 18.8. The number of aromatic hydroxyl groups is 1. The molecule has 2 heterocycles. The van der Waals surface area contributed by atoms with Crippen LogP contribution in [0.2, 0.25) is 0 Å². The fourth-order valence-corrected chi connectivity index (χ4v) is 5.75. The number of carboxylic acids is 1. The Hall–Kier alpha value is -2.86. The average molecular weight is 438 g/mol. The summed E-state index contributed by atoms with van der Waals surface area (Å²) in [6.07, 6.45) is 1.32. The van der Waals surface area contributed by atoms with E-state index in [1.807, 2.05) is 19.1 Å². The zero-order chi connectivity index (χ0) is 23.1. The maximum Gasteiger partial charge on any atom is 0.309 e. The standard InChI is InChI=1S/C26H28FNO4/c1-5-25(23(30)31)12-26(13-25)21-18-11-17(29)7-9-20(18)28(22(21)24(3,4)14-32-26)16-6-8-19(27)15(2)10-16/h6-11,29H,5,12-14H2,1-4H3,(H,30,31)/t25-,26-. The van der Waals surface area contributed by atoms with Crippen LogP contribution in [0.25, 0.3) is 16.6 Å². The maximum absolute atomic E-state index is 14.1. The van der Waals surface area contributed by atoms with E-state index in [0.717, 1.165) is 27.8 Å². The summed E-state index contributed by atoms with van der Waals surface area (Å²) in [4.78, 5) is 12.1. The highest BCUT2D eigenvalue weighted by Crippen LogP contribution is 2.63. The lowest BCUT2D eigenvalue weighted by molar-refractivity contribution is -0.210. The number of aromatic nitrogens is 1. The number of rotatable bonds is 3. The summed E-state index contributed by atoms with van der Waals surface area (Å²) in [5.74, 6) is -0.907. The largest absolute Gasteiger partial charge is 0.508 e. The second kappa shape index (κ2) is 6.58. The van der Waals surface area contributed by atoms with Gasteiger partial charge in [0.25, 0.3) is 0 Å². The van der Waals surface area contributed by atoms with E-state index in [1.165, 1.54) is 6.07 Å². The van der Waals surface area contributed by atoms with Crippen molar-refractivity contribution in [3.8, 4) is 11.4 Å². The van der Waals surface area contributed by atoms with Crippen molar-refractivity contribution in [3.05, 3.63) is 59.0 Å². The summed E-state index contributed by atoms with van der Waals surface area (Å²) in [6.45, 7) is 8.31. The number of carbonyl (C=O) groups is 1. The van der Waals surface area contributed by atoms with Crippen LogP contribution in [-0.2, 0) is 20.5 Å². The van der Waals surface area contributed by atoms with Gasteiger partial charge in [0, 0.05) is 27.7 Å². The maximum atomic E-state index is 14.1. The van der Waals surface area contributed by atoms with Gasteiger partial charge in [0.2, 0.25) is 0 Å². The monoisotopic (exact) mass is 437 g/mol. The van der Waals surface area contributed by atoms with Gasteiger partial charge in [-0.25, -0.2) is 4.39 Å². The van der Waals surface area contributed by atoms with Crippen molar-refractivity contribution >= 4 is 16.9 Å². The molecule has 1 aliphatic carbocycles.